The molecule has 2 heterocycles. The van der Waals surface area contributed by atoms with E-state index in [0.29, 0.717) is 22.9 Å². The topological polar surface area (TPSA) is 15.7 Å². The highest BCUT2D eigenvalue weighted by atomic mass is 16.5. The maximum Gasteiger partial charge on any atom is 0.256 e. The van der Waals surface area contributed by atoms with Crippen LogP contribution in [0.3, 0.4) is 0 Å². The van der Waals surface area contributed by atoms with E-state index in [2.05, 4.69) is 23.1 Å². The third kappa shape index (κ3) is 4.30. The summed E-state index contributed by atoms with van der Waals surface area (Å²) < 4.78 is 92.8. The van der Waals surface area contributed by atoms with Gasteiger partial charge in [-0.15, -0.1) is 0 Å². The smallest absolute Gasteiger partial charge is 0.256 e. The predicted octanol–water partition coefficient (Wildman–Crippen LogP) is 9.23. The second-order valence-electron chi connectivity index (χ2n) is 11.0. The van der Waals surface area contributed by atoms with Crippen molar-refractivity contribution in [2.24, 2.45) is 0 Å². The van der Waals surface area contributed by atoms with Crippen LogP contribution in [-0.4, -0.2) is 6.71 Å². The first-order valence-corrected chi connectivity index (χ1v) is 14.9. The minimum absolute atomic E-state index is 0.0333. The summed E-state index contributed by atoms with van der Waals surface area (Å²) in [5.41, 5.74) is 6.33. The molecule has 0 fully saturated rings. The Hall–Kier alpha value is -6.00. The number of hydrogen-bond donors (Lipinski definition) is 0. The van der Waals surface area contributed by atoms with E-state index in [4.69, 9.17) is 18.4 Å². The first-order valence-electron chi connectivity index (χ1n) is 19.9. The quantitative estimate of drug-likeness (QED) is 0.184. The SMILES string of the molecule is [2H]c1c([2H])c([2H])c(-c2cccc(N(c3cc4c5c(c3)N(c3ccccc3)c3ccccc3B5c3ccccc3O4)c3c([2H])c([2H])c([2H])c([2H])c3[2H])c2)c([2H])c1[2H]. The normalized spacial score (nSPS) is 15.5. The van der Waals surface area contributed by atoms with E-state index in [9.17, 15) is 0 Å². The zero-order valence-corrected chi connectivity index (χ0v) is 24.3. The Balaban J connectivity index is 1.37. The second-order valence-corrected chi connectivity index (χ2v) is 11.0. The van der Waals surface area contributed by atoms with E-state index in [0.717, 1.165) is 33.5 Å². The van der Waals surface area contributed by atoms with Gasteiger partial charge in [0.15, 0.2) is 0 Å². The fraction of sp³-hybridized carbons (Fsp3) is 0. The van der Waals surface area contributed by atoms with Crippen LogP contribution in [-0.2, 0) is 0 Å². The van der Waals surface area contributed by atoms with E-state index in [1.54, 1.807) is 35.2 Å². The van der Waals surface area contributed by atoms with Gasteiger partial charge in [0, 0.05) is 34.5 Å². The average Bonchev–Trinajstić information content (AvgIpc) is 3.22. The third-order valence-electron chi connectivity index (χ3n) is 8.45. The summed E-state index contributed by atoms with van der Waals surface area (Å²) in [5, 5.41) is 0. The van der Waals surface area contributed by atoms with Crippen LogP contribution in [0.25, 0.3) is 11.1 Å². The summed E-state index contributed by atoms with van der Waals surface area (Å²) in [6, 6.07) is 31.4. The van der Waals surface area contributed by atoms with Crippen LogP contribution in [0, 0.1) is 0 Å². The standard InChI is InChI=1S/C42H29BN2O/c1-4-15-30(16-5-1)31-17-14-22-34(27-31)44(32-18-6-2-7-19-32)35-28-39-42-41(29-35)46-40-26-13-11-24-37(40)43(42)36-23-10-12-25-38(36)45(39)33-20-8-3-9-21-33/h1-29H/i1D,2D,4D,5D,6D,7D,15D,16D,18D,19D. The van der Waals surface area contributed by atoms with Crippen molar-refractivity contribution in [2.75, 3.05) is 9.80 Å². The molecule has 0 saturated heterocycles. The molecule has 9 rings (SSSR count). The van der Waals surface area contributed by atoms with Gasteiger partial charge in [-0.25, -0.2) is 0 Å². The Morgan fingerprint density at radius 2 is 1.24 bits per heavy atom. The molecule has 0 N–H and O–H groups in total. The molecule has 0 unspecified atom stereocenters. The van der Waals surface area contributed by atoms with Crippen molar-refractivity contribution >= 4 is 57.2 Å². The number of fused-ring (bicyclic) bond motifs is 4. The molecule has 0 amide bonds. The molecule has 7 aromatic carbocycles. The van der Waals surface area contributed by atoms with Crippen molar-refractivity contribution in [1.29, 1.82) is 0 Å². The first kappa shape index (κ1) is 18.1. The van der Waals surface area contributed by atoms with Crippen molar-refractivity contribution < 1.29 is 18.4 Å². The van der Waals surface area contributed by atoms with Crippen molar-refractivity contribution in [1.82, 2.24) is 0 Å². The molecule has 0 aromatic heterocycles. The number of nitrogens with zero attached hydrogens (tertiary/aromatic N) is 2. The highest BCUT2D eigenvalue weighted by Gasteiger charge is 2.42. The Kier molecular flexibility index (Phi) is 4.27. The van der Waals surface area contributed by atoms with Gasteiger partial charge in [0.25, 0.3) is 6.71 Å². The maximum atomic E-state index is 9.14. The lowest BCUT2D eigenvalue weighted by molar-refractivity contribution is 0.487. The largest absolute Gasteiger partial charge is 0.458 e. The molecule has 0 aliphatic carbocycles. The van der Waals surface area contributed by atoms with Crippen LogP contribution in [0.4, 0.5) is 34.1 Å². The van der Waals surface area contributed by atoms with Crippen LogP contribution in [0.5, 0.6) is 11.5 Å². The zero-order valence-electron chi connectivity index (χ0n) is 34.3. The molecule has 0 spiro atoms. The number of ether oxygens (including phenoxy) is 1. The van der Waals surface area contributed by atoms with Gasteiger partial charge in [0.05, 0.1) is 19.4 Å². The van der Waals surface area contributed by atoms with Crippen LogP contribution >= 0.6 is 0 Å². The Morgan fingerprint density at radius 1 is 0.522 bits per heavy atom. The number of benzene rings is 7. The molecule has 0 bridgehead atoms. The summed E-state index contributed by atoms with van der Waals surface area (Å²) in [4.78, 5) is 3.69. The van der Waals surface area contributed by atoms with Crippen LogP contribution in [0.1, 0.15) is 13.7 Å². The lowest BCUT2D eigenvalue weighted by atomic mass is 9.34. The first-order chi connectivity index (χ1) is 27.0. The van der Waals surface area contributed by atoms with Gasteiger partial charge in [-0.2, -0.15) is 0 Å². The van der Waals surface area contributed by atoms with Crippen LogP contribution in [0.15, 0.2) is 176 Å². The van der Waals surface area contributed by atoms with Gasteiger partial charge in [-0.1, -0.05) is 115 Å². The van der Waals surface area contributed by atoms with E-state index in [1.807, 2.05) is 66.7 Å². The lowest BCUT2D eigenvalue weighted by Gasteiger charge is -2.41. The van der Waals surface area contributed by atoms with Gasteiger partial charge in [-0.05, 0) is 82.1 Å². The molecule has 0 saturated carbocycles. The molecule has 3 nitrogen and oxygen atoms in total. The molecular formula is C42H29BN2O. The van der Waals surface area contributed by atoms with E-state index >= 15 is 0 Å². The average molecular weight is 599 g/mol. The second kappa shape index (κ2) is 10.9. The molecule has 7 aromatic rings. The number of rotatable bonds is 5. The fourth-order valence-electron chi connectivity index (χ4n) is 6.57. The minimum Gasteiger partial charge on any atom is -0.458 e. The van der Waals surface area contributed by atoms with Crippen molar-refractivity contribution in [3.05, 3.63) is 176 Å². The zero-order chi connectivity index (χ0) is 39.2. The van der Waals surface area contributed by atoms with Gasteiger partial charge < -0.3 is 14.5 Å². The van der Waals surface area contributed by atoms with Gasteiger partial charge >= 0.3 is 0 Å². The summed E-state index contributed by atoms with van der Waals surface area (Å²) in [5.74, 6) is 1.17. The van der Waals surface area contributed by atoms with Crippen molar-refractivity contribution in [3.8, 4) is 22.6 Å². The number of hydrogen-bond acceptors (Lipinski definition) is 3. The van der Waals surface area contributed by atoms with E-state index in [-0.39, 0.29) is 23.5 Å². The summed E-state index contributed by atoms with van der Waals surface area (Å²) in [6.07, 6.45) is 0. The van der Waals surface area contributed by atoms with Crippen LogP contribution in [0.2, 0.25) is 0 Å². The highest BCUT2D eigenvalue weighted by molar-refractivity contribution is 6.99. The molecular weight excluding hydrogens is 559 g/mol. The molecule has 46 heavy (non-hydrogen) atoms. The van der Waals surface area contributed by atoms with Gasteiger partial charge in [0.1, 0.15) is 11.5 Å². The monoisotopic (exact) mass is 598 g/mol. The number of anilines is 6. The van der Waals surface area contributed by atoms with Gasteiger partial charge in [-0.3, -0.25) is 0 Å². The van der Waals surface area contributed by atoms with E-state index in [1.165, 1.54) is 0 Å². The Labute approximate surface area is 283 Å². The summed E-state index contributed by atoms with van der Waals surface area (Å²) in [6.45, 7) is -0.211. The maximum absolute atomic E-state index is 9.14. The van der Waals surface area contributed by atoms with Crippen molar-refractivity contribution in [3.63, 3.8) is 0 Å². The minimum atomic E-state index is -0.549. The Bertz CT molecular complexity index is 2730. The lowest BCUT2D eigenvalue weighted by Crippen LogP contribution is -2.59. The molecule has 0 radical (unpaired) electrons. The Morgan fingerprint density at radius 3 is 2.07 bits per heavy atom. The number of para-hydroxylation sites is 4. The summed E-state index contributed by atoms with van der Waals surface area (Å²) >= 11 is 0. The summed E-state index contributed by atoms with van der Waals surface area (Å²) in [7, 11) is 0. The van der Waals surface area contributed by atoms with Gasteiger partial charge in [0.2, 0.25) is 0 Å². The molecule has 4 heteroatoms. The molecule has 2 aliphatic heterocycles. The van der Waals surface area contributed by atoms with Crippen LogP contribution < -0.4 is 30.9 Å². The third-order valence-corrected chi connectivity index (χ3v) is 8.45. The van der Waals surface area contributed by atoms with Crippen molar-refractivity contribution in [2.45, 2.75) is 0 Å². The highest BCUT2D eigenvalue weighted by Crippen LogP contribution is 2.45. The van der Waals surface area contributed by atoms with E-state index < -0.39 is 60.4 Å². The molecule has 0 atom stereocenters. The molecule has 2 aliphatic rings. The molecule has 216 valence electrons. The predicted molar refractivity (Wildman–Crippen MR) is 192 cm³/mol. The fourth-order valence-corrected chi connectivity index (χ4v) is 6.57.